The molecule has 33 heavy (non-hydrogen) atoms. The number of carbonyl (C=O) groups is 2. The van der Waals surface area contributed by atoms with Crippen LogP contribution in [-0.2, 0) is 0 Å². The molecular formula is C28H24O2Se2Sn. The van der Waals surface area contributed by atoms with Crippen LogP contribution in [0.25, 0.3) is 0 Å². The molecule has 2 nitrogen and oxygen atoms in total. The van der Waals surface area contributed by atoms with Crippen LogP contribution >= 0.6 is 0 Å². The van der Waals surface area contributed by atoms with Gasteiger partial charge in [-0.15, -0.1) is 0 Å². The molecule has 164 valence electrons. The van der Waals surface area contributed by atoms with Crippen LogP contribution in [0.5, 0.6) is 0 Å². The van der Waals surface area contributed by atoms with Crippen LogP contribution in [0.2, 0.25) is 0 Å². The van der Waals surface area contributed by atoms with Crippen LogP contribution in [-0.4, -0.2) is 65.3 Å². The number of hydrogen-bond donors (Lipinski definition) is 0. The Kier molecular flexibility index (Phi) is 18.4. The van der Waals surface area contributed by atoms with E-state index in [1.165, 1.54) is 11.1 Å². The Hall–Kier alpha value is -1.94. The van der Waals surface area contributed by atoms with Crippen molar-refractivity contribution in [2.45, 2.75) is 13.8 Å². The first kappa shape index (κ1) is 31.1. The summed E-state index contributed by atoms with van der Waals surface area (Å²) in [4.78, 5) is 21.4. The van der Waals surface area contributed by atoms with E-state index in [1.54, 1.807) is 0 Å². The van der Waals surface area contributed by atoms with Gasteiger partial charge in [0.2, 0.25) is 0 Å². The van der Waals surface area contributed by atoms with Gasteiger partial charge in [0.15, 0.2) is 0 Å². The third-order valence-electron chi connectivity index (χ3n) is 3.79. The van der Waals surface area contributed by atoms with E-state index < -0.39 is 0 Å². The number of rotatable bonds is 2. The van der Waals surface area contributed by atoms with Crippen molar-refractivity contribution in [3.63, 3.8) is 0 Å². The van der Waals surface area contributed by atoms with Crippen molar-refractivity contribution in [3.8, 4) is 0 Å². The van der Waals surface area contributed by atoms with Crippen LogP contribution in [0.3, 0.4) is 0 Å². The van der Waals surface area contributed by atoms with Gasteiger partial charge in [-0.25, -0.2) is 0 Å². The molecule has 0 spiro atoms. The largest absolute Gasteiger partial charge is 2.00 e. The third-order valence-corrected chi connectivity index (χ3v) is 4.78. The smallest absolute Gasteiger partial charge is 0.0622 e. The Bertz CT molecular complexity index is 881. The van der Waals surface area contributed by atoms with Crippen molar-refractivity contribution in [1.82, 2.24) is 0 Å². The zero-order chi connectivity index (χ0) is 23.6. The minimum absolute atomic E-state index is 0. The molecule has 0 unspecified atom stereocenters. The van der Waals surface area contributed by atoms with Gasteiger partial charge < -0.3 is 0 Å². The van der Waals surface area contributed by atoms with Crippen molar-refractivity contribution in [2.75, 3.05) is 0 Å². The molecule has 5 heteroatoms. The van der Waals surface area contributed by atoms with E-state index in [0.717, 1.165) is 11.1 Å². The van der Waals surface area contributed by atoms with Gasteiger partial charge in [0.05, 0.1) is 0 Å². The Morgan fingerprint density at radius 1 is 0.545 bits per heavy atom. The summed E-state index contributed by atoms with van der Waals surface area (Å²) in [5, 5.41) is 0. The molecule has 0 aliphatic rings. The molecule has 0 atom stereocenters. The first-order valence-electron chi connectivity index (χ1n) is 9.78. The van der Waals surface area contributed by atoms with Crippen molar-refractivity contribution in [2.24, 2.45) is 0 Å². The average molecular weight is 669 g/mol. The molecule has 0 saturated carbocycles. The second kappa shape index (κ2) is 19.5. The summed E-state index contributed by atoms with van der Waals surface area (Å²) in [7, 11) is 0. The van der Waals surface area contributed by atoms with Gasteiger partial charge in [0.25, 0.3) is 0 Å². The normalized spacial score (nSPS) is 8.55. The molecule has 0 bridgehead atoms. The third kappa shape index (κ3) is 16.3. The summed E-state index contributed by atoms with van der Waals surface area (Å²) in [6.45, 7) is 3.99. The van der Waals surface area contributed by atoms with Crippen molar-refractivity contribution < 1.29 is 9.59 Å². The summed E-state index contributed by atoms with van der Waals surface area (Å²) in [6, 6.07) is 39.9. The molecule has 0 amide bonds. The van der Waals surface area contributed by atoms with Crippen molar-refractivity contribution in [3.05, 3.63) is 144 Å². The van der Waals surface area contributed by atoms with Crippen LogP contribution in [0.15, 0.2) is 109 Å². The maximum atomic E-state index is 10.7. The Balaban J connectivity index is 0.000000420. The van der Waals surface area contributed by atoms with Gasteiger partial charge in [0.1, 0.15) is 0 Å². The summed E-state index contributed by atoms with van der Waals surface area (Å²) in [5.41, 5.74) is 3.80. The summed E-state index contributed by atoms with van der Waals surface area (Å²) < 4.78 is 0.000000000000000888. The van der Waals surface area contributed by atoms with Crippen LogP contribution in [0, 0.1) is 26.0 Å². The second-order valence-corrected chi connectivity index (χ2v) is 8.02. The summed E-state index contributed by atoms with van der Waals surface area (Å²) in [5.74, 6) is 0. The van der Waals surface area contributed by atoms with Crippen molar-refractivity contribution >= 4 is 65.3 Å². The van der Waals surface area contributed by atoms with Crippen LogP contribution in [0.1, 0.15) is 31.8 Å². The quantitative estimate of drug-likeness (QED) is 0.276. The molecule has 0 saturated heterocycles. The average Bonchev–Trinajstić information content (AvgIpc) is 2.83. The van der Waals surface area contributed by atoms with Crippen LogP contribution in [0.4, 0.5) is 0 Å². The first-order chi connectivity index (χ1) is 15.4. The van der Waals surface area contributed by atoms with E-state index in [1.807, 2.05) is 123 Å². The molecule has 0 aliphatic carbocycles. The topological polar surface area (TPSA) is 34.1 Å². The van der Waals surface area contributed by atoms with E-state index in [-0.39, 0.29) is 33.3 Å². The van der Waals surface area contributed by atoms with Gasteiger partial charge in [-0.1, -0.05) is 60.7 Å². The molecule has 4 aromatic rings. The maximum absolute atomic E-state index is 10.7. The van der Waals surface area contributed by atoms with Gasteiger partial charge in [0, 0.05) is 0 Å². The number of carbonyl (C=O) groups excluding carboxylic acids is 2. The fraction of sp³-hybridized carbons (Fsp3) is 0.0714. The van der Waals surface area contributed by atoms with Crippen molar-refractivity contribution in [1.29, 1.82) is 0 Å². The molecule has 0 aliphatic heterocycles. The molecule has 4 aromatic carbocycles. The van der Waals surface area contributed by atoms with E-state index in [4.69, 9.17) is 0 Å². The monoisotopic (exact) mass is 672 g/mol. The molecule has 0 heterocycles. The minimum Gasteiger partial charge on any atom is -0.0622 e. The zero-order valence-corrected chi connectivity index (χ0v) is 24.8. The molecular weight excluding hydrogens is 645 g/mol. The van der Waals surface area contributed by atoms with Gasteiger partial charge in [-0.3, -0.25) is 0 Å². The van der Waals surface area contributed by atoms with Gasteiger partial charge >= 0.3 is 160 Å². The number of aryl methyl sites for hydroxylation is 2. The van der Waals surface area contributed by atoms with E-state index >= 15 is 0 Å². The number of hydrogen-bond acceptors (Lipinski definition) is 2. The number of benzene rings is 4. The molecule has 4 rings (SSSR count). The van der Waals surface area contributed by atoms with E-state index in [9.17, 15) is 9.59 Å². The molecule has 0 N–H and O–H groups in total. The van der Waals surface area contributed by atoms with E-state index in [2.05, 4.69) is 44.2 Å². The minimum atomic E-state index is 0. The predicted octanol–water partition coefficient (Wildman–Crippen LogP) is 5.20. The summed E-state index contributed by atoms with van der Waals surface area (Å²) >= 11 is 4.87. The fourth-order valence-electron chi connectivity index (χ4n) is 2.06. The predicted molar refractivity (Wildman–Crippen MR) is 139 cm³/mol. The van der Waals surface area contributed by atoms with Gasteiger partial charge in [-0.05, 0) is 12.1 Å². The molecule has 0 fully saturated rings. The van der Waals surface area contributed by atoms with E-state index in [0.29, 0.717) is 0 Å². The first-order valence-corrected chi connectivity index (χ1v) is 11.5. The maximum Gasteiger partial charge on any atom is 2.00 e. The molecule has 4 radical (unpaired) electrons. The SMILES string of the molecule is Cc1ccc(C(=O)[Se-])cc1.Cc1ccc(C(=O)[Se-])cc1.[Sn+2].[c]1ccccc1.[c]1ccccc1. The summed E-state index contributed by atoms with van der Waals surface area (Å²) in [6.07, 6.45) is 0. The Morgan fingerprint density at radius 3 is 0.970 bits per heavy atom. The zero-order valence-electron chi connectivity index (χ0n) is 18.5. The van der Waals surface area contributed by atoms with Gasteiger partial charge in [-0.2, -0.15) is 0 Å². The second-order valence-electron chi connectivity index (χ2n) is 6.46. The van der Waals surface area contributed by atoms with Crippen LogP contribution < -0.4 is 0 Å². The Morgan fingerprint density at radius 2 is 0.818 bits per heavy atom. The molecule has 0 aromatic heterocycles. The Labute approximate surface area is 230 Å². The fourth-order valence-corrected chi connectivity index (χ4v) is 2.63. The standard InChI is InChI=1S/2C8H8OSe.2C6H5.Sn/c2*1-6-2-4-7(5-3-6)8(9)10;2*1-2-4-6-5-3-1;/h2*2-5H,1H3,(H,9,10);2*1-5H;/q;;;;+2/p-2.